The highest BCUT2D eigenvalue weighted by atomic mass is 19.1. The quantitative estimate of drug-likeness (QED) is 0.622. The summed E-state index contributed by atoms with van der Waals surface area (Å²) in [7, 11) is 0. The van der Waals surface area contributed by atoms with Gasteiger partial charge in [-0.05, 0) is 36.4 Å². The predicted octanol–water partition coefficient (Wildman–Crippen LogP) is 3.49. The summed E-state index contributed by atoms with van der Waals surface area (Å²) in [6.07, 6.45) is 2.97. The van der Waals surface area contributed by atoms with E-state index in [2.05, 4.69) is 25.8 Å². The zero-order valence-corrected chi connectivity index (χ0v) is 17.1. The minimum absolute atomic E-state index is 0.00565. The molecule has 0 atom stereocenters. The van der Waals surface area contributed by atoms with Crippen LogP contribution in [0.2, 0.25) is 0 Å². The van der Waals surface area contributed by atoms with Crippen LogP contribution in [0.1, 0.15) is 18.7 Å². The van der Waals surface area contributed by atoms with E-state index in [4.69, 9.17) is 4.42 Å². The molecule has 0 bridgehead atoms. The lowest BCUT2D eigenvalue weighted by Crippen LogP contribution is -2.49. The van der Waals surface area contributed by atoms with Gasteiger partial charge < -0.3 is 14.6 Å². The van der Waals surface area contributed by atoms with Crippen molar-refractivity contribution in [2.45, 2.75) is 31.8 Å². The highest BCUT2D eigenvalue weighted by molar-refractivity contribution is 5.93. The second kappa shape index (κ2) is 9.34. The summed E-state index contributed by atoms with van der Waals surface area (Å²) in [5.41, 5.74) is 0.783. The lowest BCUT2D eigenvalue weighted by atomic mass is 10.0. The third-order valence-corrected chi connectivity index (χ3v) is 5.36. The van der Waals surface area contributed by atoms with Crippen molar-refractivity contribution in [3.63, 3.8) is 0 Å². The minimum atomic E-state index is -0.770. The lowest BCUT2D eigenvalue weighted by Gasteiger charge is -2.33. The van der Waals surface area contributed by atoms with Crippen molar-refractivity contribution in [2.75, 3.05) is 31.8 Å². The number of halogens is 2. The number of benzene rings is 1. The van der Waals surface area contributed by atoms with Crippen molar-refractivity contribution in [3.05, 3.63) is 36.4 Å². The van der Waals surface area contributed by atoms with Crippen molar-refractivity contribution in [1.29, 1.82) is 0 Å². The first-order valence-corrected chi connectivity index (χ1v) is 10.2. The number of pyridine rings is 1. The number of carbonyl (C=O) groups is 1. The van der Waals surface area contributed by atoms with Gasteiger partial charge in [-0.2, -0.15) is 0 Å². The largest absolute Gasteiger partial charge is 0.421 e. The van der Waals surface area contributed by atoms with E-state index >= 15 is 0 Å². The fraction of sp³-hybridized carbons (Fsp3) is 0.429. The Bertz CT molecular complexity index is 1050. The molecule has 4 rings (SSSR count). The standard InChI is InChI=1S/C21H24F2N6O2/c1-13-27-28-20(31-13)14-2-3-15-12-24-19(9-16(15)8-14)26-21(30)29-6-4-17(5-7-29)25-18(10-22)11-23/h2-3,8-9,12,17-18,25H,4-7,10-11H2,1H3,(H,24,26,30). The number of nitrogens with one attached hydrogen (secondary N) is 2. The number of aryl methyl sites for hydroxylation is 1. The fourth-order valence-corrected chi connectivity index (χ4v) is 3.66. The fourth-order valence-electron chi connectivity index (χ4n) is 3.66. The molecule has 0 saturated carbocycles. The van der Waals surface area contributed by atoms with Gasteiger partial charge in [-0.15, -0.1) is 10.2 Å². The average molecular weight is 430 g/mol. The number of nitrogens with zero attached hydrogens (tertiary/aromatic N) is 4. The van der Waals surface area contributed by atoms with Gasteiger partial charge in [0.15, 0.2) is 0 Å². The molecule has 0 spiro atoms. The number of anilines is 1. The Balaban J connectivity index is 1.39. The summed E-state index contributed by atoms with van der Waals surface area (Å²) in [6.45, 7) is 1.26. The van der Waals surface area contributed by atoms with Crippen LogP contribution in [0.5, 0.6) is 0 Å². The van der Waals surface area contributed by atoms with Gasteiger partial charge in [-0.1, -0.05) is 6.07 Å². The number of likely N-dealkylation sites (tertiary alicyclic amines) is 1. The van der Waals surface area contributed by atoms with E-state index in [1.165, 1.54) is 0 Å². The predicted molar refractivity (Wildman–Crippen MR) is 112 cm³/mol. The van der Waals surface area contributed by atoms with Crippen LogP contribution >= 0.6 is 0 Å². The van der Waals surface area contributed by atoms with E-state index in [-0.39, 0.29) is 12.1 Å². The normalized spacial score (nSPS) is 15.0. The highest BCUT2D eigenvalue weighted by Gasteiger charge is 2.24. The SMILES string of the molecule is Cc1nnc(-c2ccc3cnc(NC(=O)N4CCC(NC(CF)CF)CC4)cc3c2)o1. The van der Waals surface area contributed by atoms with Gasteiger partial charge in [0.25, 0.3) is 0 Å². The monoisotopic (exact) mass is 430 g/mol. The molecule has 0 aliphatic carbocycles. The molecule has 1 aliphatic rings. The van der Waals surface area contributed by atoms with Gasteiger partial charge in [-0.25, -0.2) is 18.6 Å². The first-order chi connectivity index (χ1) is 15.1. The molecular weight excluding hydrogens is 406 g/mol. The van der Waals surface area contributed by atoms with Crippen LogP contribution in [0.4, 0.5) is 19.4 Å². The Kier molecular flexibility index (Phi) is 6.36. The lowest BCUT2D eigenvalue weighted by molar-refractivity contribution is 0.179. The Morgan fingerprint density at radius 3 is 2.65 bits per heavy atom. The highest BCUT2D eigenvalue weighted by Crippen LogP contribution is 2.25. The number of urea groups is 1. The van der Waals surface area contributed by atoms with E-state index in [0.717, 1.165) is 16.3 Å². The molecule has 2 amide bonds. The van der Waals surface area contributed by atoms with Gasteiger partial charge in [0.1, 0.15) is 19.2 Å². The maximum Gasteiger partial charge on any atom is 0.323 e. The zero-order valence-electron chi connectivity index (χ0n) is 17.1. The Morgan fingerprint density at radius 1 is 1.19 bits per heavy atom. The molecule has 3 aromatic rings. The van der Waals surface area contributed by atoms with E-state index in [1.807, 2.05) is 18.2 Å². The molecule has 31 heavy (non-hydrogen) atoms. The number of fused-ring (bicyclic) bond motifs is 1. The summed E-state index contributed by atoms with van der Waals surface area (Å²) >= 11 is 0. The van der Waals surface area contributed by atoms with Crippen molar-refractivity contribution in [3.8, 4) is 11.5 Å². The molecule has 1 fully saturated rings. The van der Waals surface area contributed by atoms with Crippen LogP contribution in [0.25, 0.3) is 22.2 Å². The molecule has 0 radical (unpaired) electrons. The zero-order chi connectivity index (χ0) is 21.8. The second-order valence-corrected chi connectivity index (χ2v) is 7.62. The number of hydrogen-bond donors (Lipinski definition) is 2. The topological polar surface area (TPSA) is 96.2 Å². The number of amides is 2. The Morgan fingerprint density at radius 2 is 1.97 bits per heavy atom. The molecule has 1 saturated heterocycles. The first kappa shape index (κ1) is 21.1. The van der Waals surface area contributed by atoms with Crippen LogP contribution < -0.4 is 10.6 Å². The molecule has 1 aliphatic heterocycles. The summed E-state index contributed by atoms with van der Waals surface area (Å²) in [5, 5.41) is 15.5. The second-order valence-electron chi connectivity index (χ2n) is 7.62. The van der Waals surface area contributed by atoms with Gasteiger partial charge >= 0.3 is 6.03 Å². The molecule has 10 heteroatoms. The van der Waals surface area contributed by atoms with E-state index in [0.29, 0.717) is 43.5 Å². The molecular formula is C21H24F2N6O2. The average Bonchev–Trinajstić information content (AvgIpc) is 3.23. The van der Waals surface area contributed by atoms with Crippen molar-refractivity contribution in [2.24, 2.45) is 0 Å². The molecule has 2 aromatic heterocycles. The van der Waals surface area contributed by atoms with E-state index in [9.17, 15) is 13.6 Å². The van der Waals surface area contributed by atoms with Crippen LogP contribution in [-0.4, -0.2) is 64.6 Å². The number of aromatic nitrogens is 3. The van der Waals surface area contributed by atoms with E-state index < -0.39 is 19.4 Å². The molecule has 8 nitrogen and oxygen atoms in total. The molecule has 164 valence electrons. The first-order valence-electron chi connectivity index (χ1n) is 10.2. The van der Waals surface area contributed by atoms with Crippen LogP contribution in [0.3, 0.4) is 0 Å². The van der Waals surface area contributed by atoms with Crippen LogP contribution in [0, 0.1) is 6.92 Å². The maximum absolute atomic E-state index is 12.7. The smallest absolute Gasteiger partial charge is 0.323 e. The summed E-state index contributed by atoms with van der Waals surface area (Å²) in [4.78, 5) is 18.6. The van der Waals surface area contributed by atoms with Crippen molar-refractivity contribution in [1.82, 2.24) is 25.4 Å². The van der Waals surface area contributed by atoms with Crippen molar-refractivity contribution >= 4 is 22.6 Å². The number of hydrogen-bond acceptors (Lipinski definition) is 6. The number of rotatable bonds is 6. The van der Waals surface area contributed by atoms with Crippen molar-refractivity contribution < 1.29 is 18.0 Å². The Hall–Kier alpha value is -3.14. The summed E-state index contributed by atoms with van der Waals surface area (Å²) in [5.74, 6) is 1.36. The molecule has 2 N–H and O–H groups in total. The third-order valence-electron chi connectivity index (χ3n) is 5.36. The van der Waals surface area contributed by atoms with Gasteiger partial charge in [-0.3, -0.25) is 5.32 Å². The summed E-state index contributed by atoms with van der Waals surface area (Å²) in [6, 6.07) is 6.47. The maximum atomic E-state index is 12.7. The van der Waals surface area contributed by atoms with E-state index in [1.54, 1.807) is 24.1 Å². The Labute approximate surface area is 178 Å². The van der Waals surface area contributed by atoms with Gasteiger partial charge in [0.2, 0.25) is 11.8 Å². The molecule has 0 unspecified atom stereocenters. The molecule has 3 heterocycles. The summed E-state index contributed by atoms with van der Waals surface area (Å²) < 4.78 is 30.9. The van der Waals surface area contributed by atoms with Gasteiger partial charge in [0, 0.05) is 43.2 Å². The minimum Gasteiger partial charge on any atom is -0.421 e. The number of piperidine rings is 1. The number of alkyl halides is 2. The van der Waals surface area contributed by atoms with Gasteiger partial charge in [0.05, 0.1) is 6.04 Å². The molecule has 1 aromatic carbocycles. The third kappa shape index (κ3) is 4.96. The van der Waals surface area contributed by atoms with Crippen LogP contribution in [0.15, 0.2) is 34.9 Å². The number of carbonyl (C=O) groups excluding carboxylic acids is 1. The van der Waals surface area contributed by atoms with Crippen LogP contribution in [-0.2, 0) is 0 Å².